The smallest absolute Gasteiger partial charge is 0.106 e. The van der Waals surface area contributed by atoms with Crippen LogP contribution >= 0.6 is 0 Å². The molecule has 115 valence electrons. The zero-order chi connectivity index (χ0) is 14.6. The molecule has 0 amide bonds. The molecule has 1 heteroatoms. The summed E-state index contributed by atoms with van der Waals surface area (Å²) in [5.41, 5.74) is -0.629. The van der Waals surface area contributed by atoms with E-state index in [1.807, 2.05) is 0 Å². The average Bonchev–Trinajstić information content (AvgIpc) is 2.43. The van der Waals surface area contributed by atoms with E-state index in [4.69, 9.17) is 0 Å². The van der Waals surface area contributed by atoms with Crippen molar-refractivity contribution in [2.75, 3.05) is 0 Å². The van der Waals surface area contributed by atoms with Crippen molar-refractivity contribution in [3.05, 3.63) is 0 Å². The van der Waals surface area contributed by atoms with Gasteiger partial charge in [0.05, 0.1) is 0 Å². The molecular weight excluding hydrogens is 232 g/mol. The van der Waals surface area contributed by atoms with Crippen LogP contribution in [0.25, 0.3) is 0 Å². The number of rotatable bonds is 13. The highest BCUT2D eigenvalue weighted by atomic mass is 16.3. The van der Waals surface area contributed by atoms with Crippen molar-refractivity contribution in [3.8, 4) is 0 Å². The summed E-state index contributed by atoms with van der Waals surface area (Å²) in [4.78, 5) is 0. The third-order valence-electron chi connectivity index (χ3n) is 4.46. The molecule has 0 bridgehead atoms. The lowest BCUT2D eigenvalue weighted by Crippen LogP contribution is -2.37. The first-order valence-corrected chi connectivity index (χ1v) is 8.84. The van der Waals surface area contributed by atoms with Crippen molar-refractivity contribution in [3.63, 3.8) is 0 Å². The van der Waals surface area contributed by atoms with Gasteiger partial charge < -0.3 is 0 Å². The van der Waals surface area contributed by atoms with Crippen LogP contribution in [-0.2, 0) is 5.11 Å². The van der Waals surface area contributed by atoms with Crippen molar-refractivity contribution < 1.29 is 5.11 Å². The van der Waals surface area contributed by atoms with Gasteiger partial charge in [-0.15, -0.1) is 0 Å². The Hall–Kier alpha value is -0.0400. The van der Waals surface area contributed by atoms with Crippen LogP contribution < -0.4 is 0 Å². The number of unbranched alkanes of at least 4 members (excludes halogenated alkanes) is 4. The zero-order valence-electron chi connectivity index (χ0n) is 14.0. The highest BCUT2D eigenvalue weighted by molar-refractivity contribution is 4.86. The van der Waals surface area contributed by atoms with Crippen LogP contribution in [0.2, 0.25) is 0 Å². The lowest BCUT2D eigenvalue weighted by molar-refractivity contribution is -0.0992. The van der Waals surface area contributed by atoms with Crippen molar-refractivity contribution in [2.45, 2.75) is 110 Å². The predicted molar refractivity (Wildman–Crippen MR) is 85.0 cm³/mol. The lowest BCUT2D eigenvalue weighted by atomic mass is 9.74. The molecule has 0 spiro atoms. The maximum Gasteiger partial charge on any atom is 0.106 e. The lowest BCUT2D eigenvalue weighted by Gasteiger charge is -2.35. The van der Waals surface area contributed by atoms with Gasteiger partial charge in [0.15, 0.2) is 0 Å². The topological polar surface area (TPSA) is 19.9 Å². The molecule has 0 aromatic carbocycles. The second-order valence-electron chi connectivity index (χ2n) is 6.25. The van der Waals surface area contributed by atoms with E-state index in [1.54, 1.807) is 0 Å². The summed E-state index contributed by atoms with van der Waals surface area (Å²) in [6, 6.07) is 0. The van der Waals surface area contributed by atoms with Gasteiger partial charge in [0.1, 0.15) is 5.60 Å². The molecule has 0 heterocycles. The molecule has 0 aliphatic carbocycles. The monoisotopic (exact) mass is 269 g/mol. The summed E-state index contributed by atoms with van der Waals surface area (Å²) < 4.78 is 0. The zero-order valence-corrected chi connectivity index (χ0v) is 14.0. The van der Waals surface area contributed by atoms with Crippen molar-refractivity contribution in [1.29, 1.82) is 0 Å². The fourth-order valence-electron chi connectivity index (χ4n) is 3.06. The first-order chi connectivity index (χ1) is 9.14. The van der Waals surface area contributed by atoms with E-state index in [2.05, 4.69) is 27.7 Å². The minimum Gasteiger partial charge on any atom is -0.229 e. The summed E-state index contributed by atoms with van der Waals surface area (Å²) in [7, 11) is 0. The third kappa shape index (κ3) is 7.97. The van der Waals surface area contributed by atoms with Gasteiger partial charge >= 0.3 is 0 Å². The van der Waals surface area contributed by atoms with E-state index >= 15 is 0 Å². The summed E-state index contributed by atoms with van der Waals surface area (Å²) in [6.07, 6.45) is 13.6. The fourth-order valence-corrected chi connectivity index (χ4v) is 3.06. The van der Waals surface area contributed by atoms with Gasteiger partial charge in [-0.2, -0.15) is 0 Å². The van der Waals surface area contributed by atoms with Gasteiger partial charge in [-0.25, -0.2) is 5.11 Å². The Morgan fingerprint density at radius 1 is 0.684 bits per heavy atom. The minimum atomic E-state index is -0.629. The summed E-state index contributed by atoms with van der Waals surface area (Å²) in [5, 5.41) is 13.3. The SMILES string of the molecule is CCCCC(CCCC)C([O])(CCCC)CCCC. The maximum atomic E-state index is 13.3. The van der Waals surface area contributed by atoms with Crippen LogP contribution in [0.5, 0.6) is 0 Å². The summed E-state index contributed by atoms with van der Waals surface area (Å²) >= 11 is 0. The Morgan fingerprint density at radius 3 is 1.37 bits per heavy atom. The Kier molecular flexibility index (Phi) is 11.7. The van der Waals surface area contributed by atoms with E-state index < -0.39 is 5.60 Å². The first-order valence-electron chi connectivity index (χ1n) is 8.84. The van der Waals surface area contributed by atoms with Crippen molar-refractivity contribution >= 4 is 0 Å². The highest BCUT2D eigenvalue weighted by Crippen LogP contribution is 2.36. The maximum absolute atomic E-state index is 13.3. The normalized spacial score (nSPS) is 12.3. The van der Waals surface area contributed by atoms with E-state index in [9.17, 15) is 5.11 Å². The first kappa shape index (κ1) is 19.0. The van der Waals surface area contributed by atoms with Gasteiger partial charge in [0.2, 0.25) is 0 Å². The van der Waals surface area contributed by atoms with Gasteiger partial charge in [0, 0.05) is 0 Å². The van der Waals surface area contributed by atoms with Gasteiger partial charge in [-0.1, -0.05) is 79.1 Å². The molecular formula is C18H37O. The third-order valence-corrected chi connectivity index (χ3v) is 4.46. The van der Waals surface area contributed by atoms with E-state index in [1.165, 1.54) is 25.7 Å². The van der Waals surface area contributed by atoms with Crippen LogP contribution in [0.4, 0.5) is 0 Å². The summed E-state index contributed by atoms with van der Waals surface area (Å²) in [6.45, 7) is 8.88. The number of hydrogen-bond acceptors (Lipinski definition) is 0. The Balaban J connectivity index is 4.64. The Morgan fingerprint density at radius 2 is 1.05 bits per heavy atom. The van der Waals surface area contributed by atoms with Crippen LogP contribution in [0.1, 0.15) is 105 Å². The van der Waals surface area contributed by atoms with Crippen molar-refractivity contribution in [2.24, 2.45) is 5.92 Å². The Labute approximate surface area is 122 Å². The number of hydrogen-bond donors (Lipinski definition) is 0. The molecule has 0 aliphatic heterocycles. The van der Waals surface area contributed by atoms with Crippen molar-refractivity contribution in [1.82, 2.24) is 0 Å². The molecule has 0 aromatic rings. The quantitative estimate of drug-likeness (QED) is 0.362. The average molecular weight is 269 g/mol. The highest BCUT2D eigenvalue weighted by Gasteiger charge is 2.36. The second kappa shape index (κ2) is 11.8. The molecule has 0 atom stereocenters. The minimum absolute atomic E-state index is 0.422. The second-order valence-corrected chi connectivity index (χ2v) is 6.25. The molecule has 0 N–H and O–H groups in total. The predicted octanol–water partition coefficient (Wildman–Crippen LogP) is 6.53. The van der Waals surface area contributed by atoms with Gasteiger partial charge in [-0.05, 0) is 31.6 Å². The molecule has 19 heavy (non-hydrogen) atoms. The molecule has 0 aliphatic rings. The van der Waals surface area contributed by atoms with Crippen LogP contribution in [0.15, 0.2) is 0 Å². The Bertz CT molecular complexity index is 172. The largest absolute Gasteiger partial charge is 0.229 e. The standard InChI is InChI=1S/C18H37O/c1-5-9-13-17(14-10-6-2)18(19,15-11-7-3)16-12-8-4/h17H,5-16H2,1-4H3. The van der Waals surface area contributed by atoms with E-state index in [0.717, 1.165) is 51.4 Å². The fraction of sp³-hybridized carbons (Fsp3) is 1.00. The molecule has 0 fully saturated rings. The molecule has 0 saturated heterocycles. The van der Waals surface area contributed by atoms with Gasteiger partial charge in [-0.3, -0.25) is 0 Å². The van der Waals surface area contributed by atoms with Crippen LogP contribution in [0.3, 0.4) is 0 Å². The van der Waals surface area contributed by atoms with Crippen LogP contribution in [0, 0.1) is 5.92 Å². The molecule has 0 aromatic heterocycles. The molecule has 1 nitrogen and oxygen atoms in total. The van der Waals surface area contributed by atoms with Crippen LogP contribution in [-0.4, -0.2) is 5.60 Å². The van der Waals surface area contributed by atoms with E-state index in [0.29, 0.717) is 5.92 Å². The molecule has 1 radical (unpaired) electrons. The summed E-state index contributed by atoms with van der Waals surface area (Å²) in [5.74, 6) is 0.422. The molecule has 0 saturated carbocycles. The van der Waals surface area contributed by atoms with E-state index in [-0.39, 0.29) is 0 Å². The molecule has 0 rings (SSSR count). The molecule has 0 unspecified atom stereocenters. The van der Waals surface area contributed by atoms with Gasteiger partial charge in [0.25, 0.3) is 0 Å².